The monoisotopic (exact) mass is 180 g/mol. The van der Waals surface area contributed by atoms with Crippen LogP contribution in [0.15, 0.2) is 18.2 Å². The summed E-state index contributed by atoms with van der Waals surface area (Å²) in [5.74, 6) is 0. The Kier molecular flexibility index (Phi) is 2.08. The number of halogens is 1. The number of nitrogen functional groups attached to an aromatic ring is 1. The highest BCUT2D eigenvalue weighted by Crippen LogP contribution is 2.32. The molecule has 0 spiro atoms. The Morgan fingerprint density at radius 3 is 3.08 bits per heavy atom. The first-order valence-corrected chi connectivity index (χ1v) is 4.51. The molecule has 0 bridgehead atoms. The second-order valence-electron chi connectivity index (χ2n) is 3.28. The van der Waals surface area contributed by atoms with Gasteiger partial charge in [0.2, 0.25) is 0 Å². The largest absolute Gasteiger partial charge is 0.397 e. The van der Waals surface area contributed by atoms with Gasteiger partial charge < -0.3 is 10.6 Å². The molecule has 3 heteroatoms. The molecule has 0 aromatic heterocycles. The predicted octanol–water partition coefficient (Wildman–Crippen LogP) is 1.60. The molecule has 1 heterocycles. The van der Waals surface area contributed by atoms with Crippen LogP contribution in [0.2, 0.25) is 0 Å². The van der Waals surface area contributed by atoms with Crippen LogP contribution in [0.25, 0.3) is 0 Å². The summed E-state index contributed by atoms with van der Waals surface area (Å²) in [7, 11) is 0. The molecule has 0 atom stereocenters. The first-order valence-electron chi connectivity index (χ1n) is 4.51. The fourth-order valence-electron chi connectivity index (χ4n) is 1.89. The van der Waals surface area contributed by atoms with Crippen LogP contribution in [-0.2, 0) is 6.42 Å². The summed E-state index contributed by atoms with van der Waals surface area (Å²) >= 11 is 0. The van der Waals surface area contributed by atoms with E-state index >= 15 is 0 Å². The van der Waals surface area contributed by atoms with Gasteiger partial charge in [-0.2, -0.15) is 0 Å². The Balaban J connectivity index is 2.34. The lowest BCUT2D eigenvalue weighted by molar-refractivity contribution is 0.493. The van der Waals surface area contributed by atoms with E-state index in [1.54, 1.807) is 0 Å². The molecular formula is C10H13FN2. The highest BCUT2D eigenvalue weighted by Gasteiger charge is 2.20. The topological polar surface area (TPSA) is 29.3 Å². The van der Waals surface area contributed by atoms with Crippen molar-refractivity contribution < 1.29 is 4.39 Å². The minimum absolute atomic E-state index is 0.312. The van der Waals surface area contributed by atoms with Crippen molar-refractivity contribution in [3.63, 3.8) is 0 Å². The first kappa shape index (κ1) is 8.35. The number of hydrogen-bond acceptors (Lipinski definition) is 2. The van der Waals surface area contributed by atoms with E-state index in [0.29, 0.717) is 6.54 Å². The number of anilines is 2. The summed E-state index contributed by atoms with van der Waals surface area (Å²) in [6.07, 6.45) is 0.986. The molecule has 0 saturated heterocycles. The number of benzene rings is 1. The molecule has 0 unspecified atom stereocenters. The normalized spacial score (nSPS) is 14.7. The first-order chi connectivity index (χ1) is 6.33. The van der Waals surface area contributed by atoms with Gasteiger partial charge >= 0.3 is 0 Å². The smallest absolute Gasteiger partial charge is 0.107 e. The summed E-state index contributed by atoms with van der Waals surface area (Å²) in [5, 5.41) is 0. The van der Waals surface area contributed by atoms with Gasteiger partial charge in [0.15, 0.2) is 0 Å². The van der Waals surface area contributed by atoms with E-state index in [9.17, 15) is 4.39 Å². The summed E-state index contributed by atoms with van der Waals surface area (Å²) in [6.45, 7) is 1.04. The van der Waals surface area contributed by atoms with Gasteiger partial charge in [-0.15, -0.1) is 0 Å². The summed E-state index contributed by atoms with van der Waals surface area (Å²) < 4.78 is 12.2. The number of nitrogens with zero attached hydrogens (tertiary/aromatic N) is 1. The summed E-state index contributed by atoms with van der Waals surface area (Å²) in [4.78, 5) is 2.02. The average Bonchev–Trinajstić information content (AvgIpc) is 2.51. The minimum atomic E-state index is -0.312. The van der Waals surface area contributed by atoms with Crippen LogP contribution in [0.5, 0.6) is 0 Å². The minimum Gasteiger partial charge on any atom is -0.397 e. The van der Waals surface area contributed by atoms with Crippen LogP contribution in [0.1, 0.15) is 5.56 Å². The fraction of sp³-hybridized carbons (Fsp3) is 0.400. The molecule has 1 aromatic rings. The van der Waals surface area contributed by atoms with Crippen molar-refractivity contribution in [2.45, 2.75) is 6.42 Å². The molecule has 13 heavy (non-hydrogen) atoms. The zero-order chi connectivity index (χ0) is 9.26. The van der Waals surface area contributed by atoms with Gasteiger partial charge in [-0.1, -0.05) is 12.1 Å². The maximum Gasteiger partial charge on any atom is 0.107 e. The predicted molar refractivity (Wildman–Crippen MR) is 52.7 cm³/mol. The van der Waals surface area contributed by atoms with Gasteiger partial charge in [-0.3, -0.25) is 0 Å². The molecule has 1 aliphatic heterocycles. The van der Waals surface area contributed by atoms with E-state index in [1.807, 2.05) is 17.0 Å². The molecule has 0 saturated carbocycles. The van der Waals surface area contributed by atoms with Crippen LogP contribution in [0, 0.1) is 0 Å². The van der Waals surface area contributed by atoms with Crippen LogP contribution >= 0.6 is 0 Å². The quantitative estimate of drug-likeness (QED) is 0.700. The fourth-order valence-corrected chi connectivity index (χ4v) is 1.89. The number of rotatable bonds is 2. The lowest BCUT2D eigenvalue weighted by Crippen LogP contribution is -2.23. The van der Waals surface area contributed by atoms with Crippen molar-refractivity contribution in [3.05, 3.63) is 23.8 Å². The van der Waals surface area contributed by atoms with Crippen LogP contribution in [-0.4, -0.2) is 19.8 Å². The van der Waals surface area contributed by atoms with Crippen LogP contribution in [0.3, 0.4) is 0 Å². The van der Waals surface area contributed by atoms with Gasteiger partial charge in [0.05, 0.1) is 11.4 Å². The number of nitrogens with two attached hydrogens (primary N) is 1. The summed E-state index contributed by atoms with van der Waals surface area (Å²) in [6, 6.07) is 5.88. The summed E-state index contributed by atoms with van der Waals surface area (Å²) in [5.41, 5.74) is 8.88. The molecule has 0 radical (unpaired) electrons. The van der Waals surface area contributed by atoms with Crippen molar-refractivity contribution in [1.82, 2.24) is 0 Å². The highest BCUT2D eigenvalue weighted by molar-refractivity contribution is 5.74. The van der Waals surface area contributed by atoms with E-state index in [1.165, 1.54) is 5.56 Å². The molecule has 70 valence electrons. The highest BCUT2D eigenvalue weighted by atomic mass is 19.1. The SMILES string of the molecule is Nc1cccc2c1N(CCF)CC2. The van der Waals surface area contributed by atoms with E-state index < -0.39 is 0 Å². The van der Waals surface area contributed by atoms with Crippen molar-refractivity contribution in [3.8, 4) is 0 Å². The molecule has 1 aliphatic rings. The average molecular weight is 180 g/mol. The van der Waals surface area contributed by atoms with E-state index in [0.717, 1.165) is 24.3 Å². The van der Waals surface area contributed by atoms with Crippen molar-refractivity contribution in [2.24, 2.45) is 0 Å². The molecular weight excluding hydrogens is 167 g/mol. The Morgan fingerprint density at radius 2 is 2.31 bits per heavy atom. The third-order valence-corrected chi connectivity index (χ3v) is 2.47. The Labute approximate surface area is 77.2 Å². The molecule has 2 rings (SSSR count). The molecule has 0 aliphatic carbocycles. The maximum atomic E-state index is 12.2. The van der Waals surface area contributed by atoms with Crippen LogP contribution in [0.4, 0.5) is 15.8 Å². The van der Waals surface area contributed by atoms with E-state index in [2.05, 4.69) is 6.07 Å². The van der Waals surface area contributed by atoms with Gasteiger partial charge in [-0.05, 0) is 18.1 Å². The third kappa shape index (κ3) is 1.34. The van der Waals surface area contributed by atoms with Gasteiger partial charge in [0, 0.05) is 13.1 Å². The number of alkyl halides is 1. The van der Waals surface area contributed by atoms with Gasteiger partial charge in [0.25, 0.3) is 0 Å². The third-order valence-electron chi connectivity index (χ3n) is 2.47. The molecule has 0 amide bonds. The standard InChI is InChI=1S/C10H13FN2/c11-5-7-13-6-4-8-2-1-3-9(12)10(8)13/h1-3H,4-7,12H2. The lowest BCUT2D eigenvalue weighted by Gasteiger charge is -2.18. The lowest BCUT2D eigenvalue weighted by atomic mass is 10.1. The van der Waals surface area contributed by atoms with Gasteiger partial charge in [0.1, 0.15) is 6.67 Å². The molecule has 2 N–H and O–H groups in total. The molecule has 0 fully saturated rings. The van der Waals surface area contributed by atoms with E-state index in [4.69, 9.17) is 5.73 Å². The van der Waals surface area contributed by atoms with E-state index in [-0.39, 0.29) is 6.67 Å². The Hall–Kier alpha value is -1.25. The zero-order valence-corrected chi connectivity index (χ0v) is 7.46. The number of hydrogen-bond donors (Lipinski definition) is 1. The number of para-hydroxylation sites is 1. The number of fused-ring (bicyclic) bond motifs is 1. The molecule has 2 nitrogen and oxygen atoms in total. The van der Waals surface area contributed by atoms with Crippen molar-refractivity contribution >= 4 is 11.4 Å². The van der Waals surface area contributed by atoms with Crippen LogP contribution < -0.4 is 10.6 Å². The van der Waals surface area contributed by atoms with Crippen molar-refractivity contribution in [2.75, 3.05) is 30.4 Å². The van der Waals surface area contributed by atoms with Crippen molar-refractivity contribution in [1.29, 1.82) is 0 Å². The Bertz CT molecular complexity index is 310. The zero-order valence-electron chi connectivity index (χ0n) is 7.46. The maximum absolute atomic E-state index is 12.2. The molecule has 1 aromatic carbocycles. The second kappa shape index (κ2) is 3.24. The van der Waals surface area contributed by atoms with Gasteiger partial charge in [-0.25, -0.2) is 4.39 Å². The second-order valence-corrected chi connectivity index (χ2v) is 3.28. The Morgan fingerprint density at radius 1 is 1.46 bits per heavy atom.